The fraction of sp³-hybridized carbons (Fsp3) is 0.889. The van der Waals surface area contributed by atoms with Crippen molar-refractivity contribution in [3.05, 3.63) is 0 Å². The second-order valence-electron chi connectivity index (χ2n) is 7.45. The summed E-state index contributed by atoms with van der Waals surface area (Å²) >= 11 is 0. The molecule has 0 bridgehead atoms. The number of hydrogen-bond acceptors (Lipinski definition) is 4. The van der Waals surface area contributed by atoms with Crippen molar-refractivity contribution >= 4 is 24.2 Å². The molecule has 0 aromatic rings. The largest absolute Gasteiger partial charge is 0.384 e. The Morgan fingerprint density at radius 2 is 1.88 bits per heavy atom. The molecule has 6 nitrogen and oxygen atoms in total. The van der Waals surface area contributed by atoms with Crippen LogP contribution in [0.5, 0.6) is 0 Å². The van der Waals surface area contributed by atoms with Crippen LogP contribution in [0.25, 0.3) is 0 Å². The second-order valence-corrected chi connectivity index (χ2v) is 7.45. The standard InChI is InChI=1S/C18H33N3O3.ClH/c1-15(22)21-11-5-16(6-12-21)3-4-17(23)20-13-18(14-24-2)7-9-19-10-8-18;/h16,19H,3-14H2,1-2H3,(H,20,23);1H. The van der Waals surface area contributed by atoms with Crippen LogP contribution in [0.4, 0.5) is 0 Å². The van der Waals surface area contributed by atoms with Crippen LogP contribution >= 0.6 is 12.4 Å². The SMILES string of the molecule is COCC1(CNC(=O)CCC2CCN(C(C)=O)CC2)CCNCC1.Cl. The number of carbonyl (C=O) groups excluding carboxylic acids is 2. The van der Waals surface area contributed by atoms with E-state index in [0.717, 1.165) is 58.3 Å². The highest BCUT2D eigenvalue weighted by molar-refractivity contribution is 5.85. The zero-order chi connectivity index (χ0) is 17.4. The molecule has 7 heteroatoms. The van der Waals surface area contributed by atoms with Crippen molar-refractivity contribution < 1.29 is 14.3 Å². The predicted molar refractivity (Wildman–Crippen MR) is 101 cm³/mol. The molecule has 2 rings (SSSR count). The van der Waals surface area contributed by atoms with Gasteiger partial charge in [0.1, 0.15) is 0 Å². The van der Waals surface area contributed by atoms with Gasteiger partial charge in [0.05, 0.1) is 6.61 Å². The summed E-state index contributed by atoms with van der Waals surface area (Å²) in [6.07, 6.45) is 5.65. The Bertz CT molecular complexity index is 414. The minimum absolute atomic E-state index is 0. The third-order valence-electron chi connectivity index (χ3n) is 5.61. The molecule has 2 saturated heterocycles. The van der Waals surface area contributed by atoms with Gasteiger partial charge in [-0.05, 0) is 51.1 Å². The van der Waals surface area contributed by atoms with Gasteiger partial charge in [-0.2, -0.15) is 0 Å². The maximum Gasteiger partial charge on any atom is 0.220 e. The molecule has 2 amide bonds. The number of nitrogens with zero attached hydrogens (tertiary/aromatic N) is 1. The van der Waals surface area contributed by atoms with Gasteiger partial charge in [0, 0.05) is 45.5 Å². The van der Waals surface area contributed by atoms with Gasteiger partial charge in [0.25, 0.3) is 0 Å². The second kappa shape index (κ2) is 11.0. The summed E-state index contributed by atoms with van der Waals surface area (Å²) in [7, 11) is 1.74. The van der Waals surface area contributed by atoms with Gasteiger partial charge < -0.3 is 20.3 Å². The van der Waals surface area contributed by atoms with Crippen LogP contribution in [0, 0.1) is 11.3 Å². The molecule has 2 aliphatic rings. The van der Waals surface area contributed by atoms with Crippen molar-refractivity contribution in [3.63, 3.8) is 0 Å². The molecule has 0 unspecified atom stereocenters. The van der Waals surface area contributed by atoms with Crippen LogP contribution < -0.4 is 10.6 Å². The van der Waals surface area contributed by atoms with Crippen molar-refractivity contribution in [2.75, 3.05) is 46.4 Å². The van der Waals surface area contributed by atoms with Crippen molar-refractivity contribution in [3.8, 4) is 0 Å². The predicted octanol–water partition coefficient (Wildman–Crippen LogP) is 1.58. The molecular weight excluding hydrogens is 342 g/mol. The Balaban J connectivity index is 0.00000312. The number of amides is 2. The van der Waals surface area contributed by atoms with Crippen LogP contribution in [0.1, 0.15) is 45.4 Å². The number of rotatable bonds is 7. The van der Waals surface area contributed by atoms with Crippen molar-refractivity contribution in [1.82, 2.24) is 15.5 Å². The summed E-state index contributed by atoms with van der Waals surface area (Å²) in [5, 5.41) is 6.50. The van der Waals surface area contributed by atoms with Gasteiger partial charge >= 0.3 is 0 Å². The third-order valence-corrected chi connectivity index (χ3v) is 5.61. The first-order chi connectivity index (χ1) is 11.5. The van der Waals surface area contributed by atoms with E-state index >= 15 is 0 Å². The summed E-state index contributed by atoms with van der Waals surface area (Å²) in [4.78, 5) is 25.5. The summed E-state index contributed by atoms with van der Waals surface area (Å²) in [5.74, 6) is 0.882. The van der Waals surface area contributed by atoms with Gasteiger partial charge in [0.2, 0.25) is 11.8 Å². The van der Waals surface area contributed by atoms with Gasteiger partial charge in [-0.25, -0.2) is 0 Å². The molecular formula is C18H34ClN3O3. The average molecular weight is 376 g/mol. The topological polar surface area (TPSA) is 70.7 Å². The lowest BCUT2D eigenvalue weighted by Crippen LogP contribution is -2.47. The van der Waals surface area contributed by atoms with Crippen molar-refractivity contribution in [1.29, 1.82) is 0 Å². The van der Waals surface area contributed by atoms with Gasteiger partial charge in [0.15, 0.2) is 0 Å². The molecule has 0 aromatic heterocycles. The quantitative estimate of drug-likeness (QED) is 0.708. The lowest BCUT2D eigenvalue weighted by Gasteiger charge is -2.37. The first-order valence-electron chi connectivity index (χ1n) is 9.26. The summed E-state index contributed by atoms with van der Waals surface area (Å²) < 4.78 is 5.39. The molecule has 0 spiro atoms. The van der Waals surface area contributed by atoms with Gasteiger partial charge in [-0.15, -0.1) is 12.4 Å². The molecule has 0 atom stereocenters. The van der Waals surface area contributed by atoms with Crippen LogP contribution in [-0.2, 0) is 14.3 Å². The van der Waals surface area contributed by atoms with E-state index in [1.807, 2.05) is 4.90 Å². The van der Waals surface area contributed by atoms with E-state index < -0.39 is 0 Å². The summed E-state index contributed by atoms with van der Waals surface area (Å²) in [6, 6.07) is 0. The normalized spacial score (nSPS) is 20.6. The zero-order valence-electron chi connectivity index (χ0n) is 15.6. The molecule has 0 radical (unpaired) electrons. The van der Waals surface area contributed by atoms with E-state index in [0.29, 0.717) is 25.5 Å². The Morgan fingerprint density at radius 3 is 2.44 bits per heavy atom. The highest BCUT2D eigenvalue weighted by Crippen LogP contribution is 2.28. The lowest BCUT2D eigenvalue weighted by molar-refractivity contribution is -0.130. The molecule has 146 valence electrons. The highest BCUT2D eigenvalue weighted by atomic mass is 35.5. The molecule has 2 fully saturated rings. The number of piperidine rings is 2. The van der Waals surface area contributed by atoms with Crippen LogP contribution in [0.15, 0.2) is 0 Å². The first-order valence-corrected chi connectivity index (χ1v) is 9.26. The Hall–Kier alpha value is -0.850. The van der Waals surface area contributed by atoms with E-state index in [4.69, 9.17) is 4.74 Å². The van der Waals surface area contributed by atoms with E-state index in [1.165, 1.54) is 0 Å². The molecule has 0 aromatic carbocycles. The zero-order valence-corrected chi connectivity index (χ0v) is 16.5. The molecule has 2 aliphatic heterocycles. The van der Waals surface area contributed by atoms with E-state index in [1.54, 1.807) is 14.0 Å². The monoisotopic (exact) mass is 375 g/mol. The number of methoxy groups -OCH3 is 1. The van der Waals surface area contributed by atoms with Crippen LogP contribution in [0.2, 0.25) is 0 Å². The minimum Gasteiger partial charge on any atom is -0.384 e. The van der Waals surface area contributed by atoms with Crippen LogP contribution in [0.3, 0.4) is 0 Å². The maximum atomic E-state index is 12.2. The fourth-order valence-corrected chi connectivity index (χ4v) is 3.88. The van der Waals surface area contributed by atoms with E-state index in [2.05, 4.69) is 10.6 Å². The Kier molecular flexibility index (Phi) is 9.75. The van der Waals surface area contributed by atoms with Crippen molar-refractivity contribution in [2.45, 2.75) is 45.4 Å². The minimum atomic E-state index is 0. The molecule has 0 aliphatic carbocycles. The molecule has 0 saturated carbocycles. The van der Waals surface area contributed by atoms with E-state index in [9.17, 15) is 9.59 Å². The van der Waals surface area contributed by atoms with Gasteiger partial charge in [-0.1, -0.05) is 0 Å². The number of nitrogens with one attached hydrogen (secondary N) is 2. The number of likely N-dealkylation sites (tertiary alicyclic amines) is 1. The fourth-order valence-electron chi connectivity index (χ4n) is 3.88. The average Bonchev–Trinajstić information content (AvgIpc) is 2.60. The number of carbonyl (C=O) groups is 2. The smallest absolute Gasteiger partial charge is 0.220 e. The first kappa shape index (κ1) is 22.2. The van der Waals surface area contributed by atoms with Gasteiger partial charge in [-0.3, -0.25) is 9.59 Å². The Morgan fingerprint density at radius 1 is 1.24 bits per heavy atom. The highest BCUT2D eigenvalue weighted by Gasteiger charge is 2.32. The summed E-state index contributed by atoms with van der Waals surface area (Å²) in [6.45, 7) is 6.71. The molecule has 2 N–H and O–H groups in total. The number of hydrogen-bond donors (Lipinski definition) is 2. The molecule has 2 heterocycles. The van der Waals surface area contributed by atoms with Crippen LogP contribution in [-0.4, -0.2) is 63.2 Å². The Labute approximate surface area is 157 Å². The number of ether oxygens (including phenoxy) is 1. The lowest BCUT2D eigenvalue weighted by atomic mass is 9.79. The van der Waals surface area contributed by atoms with Crippen molar-refractivity contribution in [2.24, 2.45) is 11.3 Å². The number of halogens is 1. The van der Waals surface area contributed by atoms with E-state index in [-0.39, 0.29) is 29.6 Å². The molecule has 25 heavy (non-hydrogen) atoms. The maximum absolute atomic E-state index is 12.2. The summed E-state index contributed by atoms with van der Waals surface area (Å²) in [5.41, 5.74) is 0.0858. The third kappa shape index (κ3) is 7.12.